The predicted octanol–water partition coefficient (Wildman–Crippen LogP) is 3.42. The van der Waals surface area contributed by atoms with Crippen LogP contribution in [-0.4, -0.2) is 35.0 Å². The van der Waals surface area contributed by atoms with E-state index in [2.05, 4.69) is 53.3 Å². The molecule has 0 aliphatic rings. The molecule has 4 aromatic rings. The highest BCUT2D eigenvalue weighted by molar-refractivity contribution is 5.73. The van der Waals surface area contributed by atoms with Crippen LogP contribution in [-0.2, 0) is 0 Å². The van der Waals surface area contributed by atoms with E-state index in [1.807, 2.05) is 45.8 Å². The van der Waals surface area contributed by atoms with Crippen molar-refractivity contribution in [1.82, 2.24) is 35.0 Å². The maximum absolute atomic E-state index is 4.20. The smallest absolute Gasteiger partial charge is 0.178 e. The Bertz CT molecular complexity index is 858. The highest BCUT2D eigenvalue weighted by Crippen LogP contribution is 2.14. The monoisotopic (exact) mass is 323 g/mol. The Morgan fingerprint density at radius 2 is 1.38 bits per heavy atom. The second-order valence-corrected chi connectivity index (χ2v) is 6.09. The van der Waals surface area contributed by atoms with Crippen molar-refractivity contribution in [2.24, 2.45) is 0 Å². The summed E-state index contributed by atoms with van der Waals surface area (Å²) in [6.45, 7) is 8.31. The third-order valence-corrected chi connectivity index (χ3v) is 3.59. The first-order valence-corrected chi connectivity index (χ1v) is 8.03. The van der Waals surface area contributed by atoms with Crippen LogP contribution in [0, 0.1) is 0 Å². The van der Waals surface area contributed by atoms with Gasteiger partial charge in [-0.25, -0.2) is 14.3 Å². The van der Waals surface area contributed by atoms with Gasteiger partial charge in [-0.15, -0.1) is 10.2 Å². The van der Waals surface area contributed by atoms with E-state index in [9.17, 15) is 0 Å². The van der Waals surface area contributed by atoms with E-state index in [0.29, 0.717) is 12.1 Å². The molecule has 0 N–H and O–H groups in total. The Hall–Kier alpha value is -2.83. The molecule has 0 atom stereocenters. The maximum Gasteiger partial charge on any atom is 0.178 e. The minimum atomic E-state index is 0.310. The predicted molar refractivity (Wildman–Crippen MR) is 93.6 cm³/mol. The van der Waals surface area contributed by atoms with Gasteiger partial charge in [-0.1, -0.05) is 22.6 Å². The molecule has 0 unspecified atom stereocenters. The first-order chi connectivity index (χ1) is 11.6. The zero-order chi connectivity index (χ0) is 17.1. The third-order valence-electron chi connectivity index (χ3n) is 3.59. The van der Waals surface area contributed by atoms with Gasteiger partial charge in [-0.2, -0.15) is 0 Å². The summed E-state index contributed by atoms with van der Waals surface area (Å²) in [6, 6.07) is 12.4. The van der Waals surface area contributed by atoms with Crippen LogP contribution in [0.25, 0.3) is 22.2 Å². The molecular formula is C17H21N7. The van der Waals surface area contributed by atoms with Gasteiger partial charge in [-0.3, -0.25) is 0 Å². The number of pyridine rings is 1. The lowest BCUT2D eigenvalue weighted by Gasteiger charge is -2.03. The van der Waals surface area contributed by atoms with Crippen LogP contribution >= 0.6 is 0 Å². The van der Waals surface area contributed by atoms with Crippen LogP contribution in [0.3, 0.4) is 0 Å². The topological polar surface area (TPSA) is 74.3 Å². The molecule has 7 heteroatoms. The van der Waals surface area contributed by atoms with Crippen LogP contribution in [0.5, 0.6) is 0 Å². The molecule has 24 heavy (non-hydrogen) atoms. The number of hydrogen-bond donors (Lipinski definition) is 0. The van der Waals surface area contributed by atoms with Crippen molar-refractivity contribution in [3.63, 3.8) is 0 Å². The number of hydrogen-bond acceptors (Lipinski definition) is 5. The SMILES string of the molecule is CC(C)n1nnc2ccccc21.CC(C)n1nnc2cccnc21. The van der Waals surface area contributed by atoms with Crippen molar-refractivity contribution in [3.8, 4) is 0 Å². The molecule has 0 aliphatic carbocycles. The van der Waals surface area contributed by atoms with E-state index < -0.39 is 0 Å². The van der Waals surface area contributed by atoms with Crippen molar-refractivity contribution in [2.45, 2.75) is 39.8 Å². The minimum Gasteiger partial charge on any atom is -0.242 e. The van der Waals surface area contributed by atoms with Gasteiger partial charge in [0.15, 0.2) is 5.65 Å². The summed E-state index contributed by atoms with van der Waals surface area (Å²) in [7, 11) is 0. The summed E-state index contributed by atoms with van der Waals surface area (Å²) < 4.78 is 3.74. The number of para-hydroxylation sites is 1. The number of nitrogens with zero attached hydrogens (tertiary/aromatic N) is 7. The van der Waals surface area contributed by atoms with Crippen molar-refractivity contribution in [2.75, 3.05) is 0 Å². The summed E-state index contributed by atoms with van der Waals surface area (Å²) in [5.74, 6) is 0. The molecular weight excluding hydrogens is 302 g/mol. The molecule has 0 spiro atoms. The molecule has 124 valence electrons. The van der Waals surface area contributed by atoms with Gasteiger partial charge in [0.25, 0.3) is 0 Å². The zero-order valence-electron chi connectivity index (χ0n) is 14.3. The van der Waals surface area contributed by atoms with Crippen LogP contribution < -0.4 is 0 Å². The molecule has 0 bridgehead atoms. The molecule has 7 nitrogen and oxygen atoms in total. The van der Waals surface area contributed by atoms with Crippen molar-refractivity contribution in [3.05, 3.63) is 42.6 Å². The highest BCUT2D eigenvalue weighted by Gasteiger charge is 2.06. The fourth-order valence-corrected chi connectivity index (χ4v) is 2.40. The van der Waals surface area contributed by atoms with Gasteiger partial charge >= 0.3 is 0 Å². The number of aromatic nitrogens is 7. The fourth-order valence-electron chi connectivity index (χ4n) is 2.40. The zero-order valence-corrected chi connectivity index (χ0v) is 14.3. The molecule has 3 heterocycles. The lowest BCUT2D eigenvalue weighted by atomic mass is 10.3. The van der Waals surface area contributed by atoms with E-state index >= 15 is 0 Å². The number of fused-ring (bicyclic) bond motifs is 2. The van der Waals surface area contributed by atoms with E-state index in [0.717, 1.165) is 22.2 Å². The van der Waals surface area contributed by atoms with Crippen molar-refractivity contribution >= 4 is 22.2 Å². The molecule has 3 aromatic heterocycles. The van der Waals surface area contributed by atoms with Gasteiger partial charge in [0.1, 0.15) is 11.0 Å². The van der Waals surface area contributed by atoms with E-state index in [4.69, 9.17) is 0 Å². The first kappa shape index (κ1) is 16.0. The molecule has 0 aliphatic heterocycles. The highest BCUT2D eigenvalue weighted by atomic mass is 15.4. The van der Waals surface area contributed by atoms with E-state index in [-0.39, 0.29) is 0 Å². The molecule has 0 saturated carbocycles. The summed E-state index contributed by atoms with van der Waals surface area (Å²) in [4.78, 5) is 4.20. The van der Waals surface area contributed by atoms with Gasteiger partial charge < -0.3 is 0 Å². The van der Waals surface area contributed by atoms with E-state index in [1.54, 1.807) is 6.20 Å². The molecule has 0 fully saturated rings. The Balaban J connectivity index is 0.000000141. The maximum atomic E-state index is 4.20. The second kappa shape index (κ2) is 6.74. The van der Waals surface area contributed by atoms with Crippen LogP contribution in [0.4, 0.5) is 0 Å². The Morgan fingerprint density at radius 1 is 0.750 bits per heavy atom. The molecule has 0 amide bonds. The van der Waals surface area contributed by atoms with Crippen molar-refractivity contribution in [1.29, 1.82) is 0 Å². The summed E-state index contributed by atoms with van der Waals surface area (Å²) >= 11 is 0. The largest absolute Gasteiger partial charge is 0.242 e. The number of benzene rings is 1. The molecule has 4 rings (SSSR count). The van der Waals surface area contributed by atoms with Gasteiger partial charge in [-0.05, 0) is 52.0 Å². The normalized spacial score (nSPS) is 11.2. The Kier molecular flexibility index (Phi) is 4.50. The summed E-state index contributed by atoms with van der Waals surface area (Å²) in [5.41, 5.74) is 3.78. The second-order valence-electron chi connectivity index (χ2n) is 6.09. The van der Waals surface area contributed by atoms with Crippen LogP contribution in [0.15, 0.2) is 42.6 Å². The lowest BCUT2D eigenvalue weighted by molar-refractivity contribution is 0.526. The molecule has 1 aromatic carbocycles. The average Bonchev–Trinajstić information content (AvgIpc) is 3.19. The van der Waals surface area contributed by atoms with E-state index in [1.165, 1.54) is 0 Å². The van der Waals surface area contributed by atoms with Gasteiger partial charge in [0.2, 0.25) is 0 Å². The van der Waals surface area contributed by atoms with Gasteiger partial charge in [0, 0.05) is 12.2 Å². The van der Waals surface area contributed by atoms with Crippen LogP contribution in [0.1, 0.15) is 39.8 Å². The minimum absolute atomic E-state index is 0.310. The summed E-state index contributed by atoms with van der Waals surface area (Å²) in [6.07, 6.45) is 1.75. The first-order valence-electron chi connectivity index (χ1n) is 8.03. The Morgan fingerprint density at radius 3 is 2.12 bits per heavy atom. The average molecular weight is 323 g/mol. The molecule has 0 radical (unpaired) electrons. The Labute approximate surface area is 140 Å². The molecule has 0 saturated heterocycles. The quantitative estimate of drug-likeness (QED) is 0.565. The fraction of sp³-hybridized carbons (Fsp3) is 0.353. The van der Waals surface area contributed by atoms with Crippen molar-refractivity contribution < 1.29 is 0 Å². The summed E-state index contributed by atoms with van der Waals surface area (Å²) in [5, 5.41) is 16.1. The van der Waals surface area contributed by atoms with Crippen LogP contribution in [0.2, 0.25) is 0 Å². The lowest BCUT2D eigenvalue weighted by Crippen LogP contribution is -2.03. The number of rotatable bonds is 2. The third kappa shape index (κ3) is 3.10. The van der Waals surface area contributed by atoms with Gasteiger partial charge in [0.05, 0.1) is 11.6 Å². The standard InChI is InChI=1S/C9H11N3.C8H10N4/c1-7(2)12-9-6-4-3-5-8(9)10-11-12;1-6(2)12-8-7(10-11-12)4-3-5-9-8/h3-7H,1-2H3;3-6H,1-2H3.